The summed E-state index contributed by atoms with van der Waals surface area (Å²) >= 11 is 5.92. The molecule has 2 aliphatic rings. The number of aliphatic hydroxyl groups excluding tert-OH is 1. The lowest BCUT2D eigenvalue weighted by atomic mass is 9.89. The number of hydrogen-bond donors (Lipinski definition) is 1. The summed E-state index contributed by atoms with van der Waals surface area (Å²) in [5.41, 5.74) is 1.51. The summed E-state index contributed by atoms with van der Waals surface area (Å²) in [6, 6.07) is -0.344. The molecule has 0 radical (unpaired) electrons. The normalized spacial score (nSPS) is 27.9. The molecule has 1 aromatic heterocycles. The number of aromatic nitrogens is 1. The molecule has 0 aromatic carbocycles. The third kappa shape index (κ3) is 2.42. The first kappa shape index (κ1) is 14.7. The fourth-order valence-electron chi connectivity index (χ4n) is 3.17. The summed E-state index contributed by atoms with van der Waals surface area (Å²) in [5, 5.41) is 10.3. The van der Waals surface area contributed by atoms with Crippen LogP contribution in [0.2, 0.25) is 0 Å². The number of allylic oxidation sites excluding steroid dienone is 4. The number of aliphatic hydroxyl groups is 1. The number of alkyl halides is 2. The molecule has 0 fully saturated rings. The van der Waals surface area contributed by atoms with Gasteiger partial charge in [-0.05, 0) is 31.1 Å². The van der Waals surface area contributed by atoms with Crippen molar-refractivity contribution in [3.63, 3.8) is 0 Å². The van der Waals surface area contributed by atoms with E-state index < -0.39 is 24.3 Å². The second-order valence-electron chi connectivity index (χ2n) is 5.66. The first-order valence-corrected chi connectivity index (χ1v) is 7.17. The molecule has 2 aliphatic carbocycles. The zero-order valence-corrected chi connectivity index (χ0v) is 12.2. The Bertz CT molecular complexity index is 648. The van der Waals surface area contributed by atoms with Crippen LogP contribution < -0.4 is 0 Å². The standard InChI is InChI=1S/C15H15ClF3NO/c1-8-7-20(11-5-9(16)4-10(17)6-11)12-2-3-15(18,19)14(21)13(8)12/h4,6-7,11,14,21H,2-3,5H2,1H3. The van der Waals surface area contributed by atoms with Gasteiger partial charge in [-0.1, -0.05) is 11.6 Å². The van der Waals surface area contributed by atoms with Gasteiger partial charge in [0.15, 0.2) is 0 Å². The highest BCUT2D eigenvalue weighted by Crippen LogP contribution is 2.45. The lowest BCUT2D eigenvalue weighted by Crippen LogP contribution is -2.32. The van der Waals surface area contributed by atoms with E-state index >= 15 is 0 Å². The van der Waals surface area contributed by atoms with Gasteiger partial charge in [-0.2, -0.15) is 0 Å². The molecular weight excluding hydrogens is 303 g/mol. The van der Waals surface area contributed by atoms with E-state index in [2.05, 4.69) is 0 Å². The number of aryl methyl sites for hydroxylation is 1. The molecule has 2 nitrogen and oxygen atoms in total. The average Bonchev–Trinajstić information content (AvgIpc) is 2.71. The highest BCUT2D eigenvalue weighted by Gasteiger charge is 2.45. The third-order valence-electron chi connectivity index (χ3n) is 4.16. The molecule has 0 aliphatic heterocycles. The van der Waals surface area contributed by atoms with Gasteiger partial charge >= 0.3 is 0 Å². The van der Waals surface area contributed by atoms with Crippen molar-refractivity contribution in [2.24, 2.45) is 0 Å². The van der Waals surface area contributed by atoms with Gasteiger partial charge in [0.25, 0.3) is 5.92 Å². The number of halogens is 4. The molecule has 0 saturated carbocycles. The summed E-state index contributed by atoms with van der Waals surface area (Å²) < 4.78 is 42.6. The van der Waals surface area contributed by atoms with Crippen LogP contribution in [0.5, 0.6) is 0 Å². The maximum absolute atomic E-state index is 13.7. The van der Waals surface area contributed by atoms with Crippen LogP contribution in [0, 0.1) is 6.92 Å². The van der Waals surface area contributed by atoms with Crippen LogP contribution in [0.3, 0.4) is 0 Å². The lowest BCUT2D eigenvalue weighted by molar-refractivity contribution is -0.122. The molecule has 2 unspecified atom stereocenters. The molecule has 1 heterocycles. The van der Waals surface area contributed by atoms with E-state index in [1.165, 1.54) is 12.2 Å². The van der Waals surface area contributed by atoms with Gasteiger partial charge in [0.2, 0.25) is 0 Å². The van der Waals surface area contributed by atoms with E-state index in [0.717, 1.165) is 0 Å². The van der Waals surface area contributed by atoms with Gasteiger partial charge in [0.1, 0.15) is 11.9 Å². The average molecular weight is 318 g/mol. The molecule has 0 amide bonds. The Hall–Kier alpha value is -1.20. The highest BCUT2D eigenvalue weighted by atomic mass is 35.5. The van der Waals surface area contributed by atoms with E-state index in [4.69, 9.17) is 11.6 Å². The first-order chi connectivity index (χ1) is 9.79. The van der Waals surface area contributed by atoms with Gasteiger partial charge in [-0.25, -0.2) is 13.2 Å². The zero-order valence-electron chi connectivity index (χ0n) is 11.4. The van der Waals surface area contributed by atoms with Gasteiger partial charge in [0.05, 0.1) is 6.04 Å². The van der Waals surface area contributed by atoms with Crippen molar-refractivity contribution in [3.05, 3.63) is 46.0 Å². The second-order valence-corrected chi connectivity index (χ2v) is 6.14. The van der Waals surface area contributed by atoms with Crippen molar-refractivity contribution in [2.75, 3.05) is 0 Å². The van der Waals surface area contributed by atoms with Crippen molar-refractivity contribution in [1.82, 2.24) is 4.57 Å². The van der Waals surface area contributed by atoms with Crippen molar-refractivity contribution in [2.45, 2.75) is 44.3 Å². The van der Waals surface area contributed by atoms with Gasteiger partial charge in [-0.15, -0.1) is 0 Å². The molecule has 2 atom stereocenters. The quantitative estimate of drug-likeness (QED) is 0.819. The Balaban J connectivity index is 2.04. The molecule has 1 N–H and O–H groups in total. The minimum Gasteiger partial charge on any atom is -0.382 e. The summed E-state index contributed by atoms with van der Waals surface area (Å²) in [6.07, 6.45) is 2.73. The molecule has 3 rings (SSSR count). The van der Waals surface area contributed by atoms with Gasteiger partial charge in [0, 0.05) is 35.3 Å². The molecule has 114 valence electrons. The molecule has 1 aromatic rings. The van der Waals surface area contributed by atoms with Crippen molar-refractivity contribution in [1.29, 1.82) is 0 Å². The van der Waals surface area contributed by atoms with E-state index in [1.807, 2.05) is 0 Å². The summed E-state index contributed by atoms with van der Waals surface area (Å²) in [6.45, 7) is 1.68. The number of hydrogen-bond acceptors (Lipinski definition) is 1. The SMILES string of the molecule is Cc1cn(C2C=C(F)C=C(Cl)C2)c2c1C(O)C(F)(F)CC2. The Kier molecular flexibility index (Phi) is 3.45. The summed E-state index contributed by atoms with van der Waals surface area (Å²) in [7, 11) is 0. The maximum Gasteiger partial charge on any atom is 0.278 e. The lowest BCUT2D eigenvalue weighted by Gasteiger charge is -2.30. The minimum atomic E-state index is -3.12. The molecule has 21 heavy (non-hydrogen) atoms. The maximum atomic E-state index is 13.7. The van der Waals surface area contributed by atoms with Crippen LogP contribution >= 0.6 is 11.6 Å². The predicted molar refractivity (Wildman–Crippen MR) is 74.2 cm³/mol. The van der Waals surface area contributed by atoms with E-state index in [0.29, 0.717) is 22.7 Å². The molecule has 0 spiro atoms. The Morgan fingerprint density at radius 1 is 1.43 bits per heavy atom. The Morgan fingerprint density at radius 3 is 2.81 bits per heavy atom. The van der Waals surface area contributed by atoms with E-state index in [9.17, 15) is 18.3 Å². The van der Waals surface area contributed by atoms with Crippen LogP contribution in [-0.4, -0.2) is 15.6 Å². The highest BCUT2D eigenvalue weighted by molar-refractivity contribution is 6.29. The number of fused-ring (bicyclic) bond motifs is 1. The third-order valence-corrected chi connectivity index (χ3v) is 4.42. The number of nitrogens with zero attached hydrogens (tertiary/aromatic N) is 1. The summed E-state index contributed by atoms with van der Waals surface area (Å²) in [5.74, 6) is -3.55. The predicted octanol–water partition coefficient (Wildman–Crippen LogP) is 4.33. The second kappa shape index (κ2) is 4.92. The van der Waals surface area contributed by atoms with Gasteiger partial charge < -0.3 is 9.67 Å². The van der Waals surface area contributed by atoms with E-state index in [-0.39, 0.29) is 18.0 Å². The van der Waals surface area contributed by atoms with Crippen LogP contribution in [0.25, 0.3) is 0 Å². The zero-order chi connectivity index (χ0) is 15.4. The Labute approximate surface area is 125 Å². The first-order valence-electron chi connectivity index (χ1n) is 6.79. The van der Waals surface area contributed by atoms with Crippen molar-refractivity contribution < 1.29 is 18.3 Å². The fraction of sp³-hybridized carbons (Fsp3) is 0.467. The van der Waals surface area contributed by atoms with Crippen LogP contribution in [0.15, 0.2) is 29.2 Å². The topological polar surface area (TPSA) is 25.2 Å². The Morgan fingerprint density at radius 2 is 2.14 bits per heavy atom. The monoisotopic (exact) mass is 317 g/mol. The molecule has 0 saturated heterocycles. The minimum absolute atomic E-state index is 0.153. The smallest absolute Gasteiger partial charge is 0.278 e. The van der Waals surface area contributed by atoms with Crippen LogP contribution in [0.1, 0.15) is 41.8 Å². The summed E-state index contributed by atoms with van der Waals surface area (Å²) in [4.78, 5) is 0. The fourth-order valence-corrected chi connectivity index (χ4v) is 3.43. The largest absolute Gasteiger partial charge is 0.382 e. The van der Waals surface area contributed by atoms with Crippen molar-refractivity contribution in [3.8, 4) is 0 Å². The molecule has 0 bridgehead atoms. The van der Waals surface area contributed by atoms with Crippen molar-refractivity contribution >= 4 is 11.6 Å². The number of rotatable bonds is 1. The van der Waals surface area contributed by atoms with Gasteiger partial charge in [-0.3, -0.25) is 0 Å². The van der Waals surface area contributed by atoms with E-state index in [1.54, 1.807) is 17.7 Å². The molecule has 6 heteroatoms. The van der Waals surface area contributed by atoms with Crippen LogP contribution in [0.4, 0.5) is 13.2 Å². The van der Waals surface area contributed by atoms with Crippen LogP contribution in [-0.2, 0) is 6.42 Å². The molecular formula is C15H15ClF3NO.